The number of halogens is 2. The van der Waals surface area contributed by atoms with E-state index in [1.807, 2.05) is 0 Å². The van der Waals surface area contributed by atoms with E-state index in [2.05, 4.69) is 22.5 Å². The summed E-state index contributed by atoms with van der Waals surface area (Å²) >= 11 is 8.95. The van der Waals surface area contributed by atoms with Gasteiger partial charge >= 0.3 is 5.97 Å². The van der Waals surface area contributed by atoms with Crippen molar-refractivity contribution in [3.63, 3.8) is 0 Å². The molecular formula is C9H6BrClO2. The van der Waals surface area contributed by atoms with Gasteiger partial charge in [-0.15, -0.1) is 0 Å². The summed E-state index contributed by atoms with van der Waals surface area (Å²) < 4.78 is 0.734. The van der Waals surface area contributed by atoms with Crippen molar-refractivity contribution in [3.8, 4) is 0 Å². The lowest BCUT2D eigenvalue weighted by Gasteiger charge is -2.01. The van der Waals surface area contributed by atoms with Gasteiger partial charge in [-0.25, -0.2) is 4.79 Å². The highest BCUT2D eigenvalue weighted by atomic mass is 79.9. The van der Waals surface area contributed by atoms with Crippen molar-refractivity contribution in [1.82, 2.24) is 0 Å². The molecule has 0 radical (unpaired) electrons. The van der Waals surface area contributed by atoms with E-state index in [-0.39, 0.29) is 5.57 Å². The van der Waals surface area contributed by atoms with Gasteiger partial charge in [-0.05, 0) is 23.8 Å². The van der Waals surface area contributed by atoms with E-state index >= 15 is 0 Å². The first kappa shape index (κ1) is 10.3. The first-order chi connectivity index (χ1) is 6.00. The maximum atomic E-state index is 10.6. The molecule has 0 bridgehead atoms. The van der Waals surface area contributed by atoms with Crippen LogP contribution in [0.25, 0.3) is 5.57 Å². The predicted molar refractivity (Wildman–Crippen MR) is 55.8 cm³/mol. The molecule has 0 aliphatic carbocycles. The van der Waals surface area contributed by atoms with Crippen molar-refractivity contribution in [2.24, 2.45) is 0 Å². The van der Waals surface area contributed by atoms with Crippen molar-refractivity contribution >= 4 is 39.1 Å². The summed E-state index contributed by atoms with van der Waals surface area (Å²) in [5, 5.41) is 9.14. The largest absolute Gasteiger partial charge is 0.478 e. The second kappa shape index (κ2) is 3.94. The van der Waals surface area contributed by atoms with Gasteiger partial charge < -0.3 is 5.11 Å². The van der Waals surface area contributed by atoms with Crippen molar-refractivity contribution < 1.29 is 9.90 Å². The van der Waals surface area contributed by atoms with Crippen LogP contribution in [-0.4, -0.2) is 11.1 Å². The summed E-state index contributed by atoms with van der Waals surface area (Å²) in [6.45, 7) is 3.43. The molecule has 0 saturated carbocycles. The Balaban J connectivity index is 3.15. The molecule has 0 aliphatic rings. The number of hydrogen-bond acceptors (Lipinski definition) is 1. The molecule has 0 heterocycles. The zero-order valence-corrected chi connectivity index (χ0v) is 8.89. The smallest absolute Gasteiger partial charge is 0.335 e. The Hall–Kier alpha value is -0.800. The Kier molecular flexibility index (Phi) is 3.12. The summed E-state index contributed by atoms with van der Waals surface area (Å²) in [6, 6.07) is 4.89. The average molecular weight is 262 g/mol. The summed E-state index contributed by atoms with van der Waals surface area (Å²) in [6.07, 6.45) is 0. The number of carbonyl (C=O) groups is 1. The van der Waals surface area contributed by atoms with Gasteiger partial charge in [0.25, 0.3) is 0 Å². The fraction of sp³-hybridized carbons (Fsp3) is 0. The number of rotatable bonds is 2. The second-order valence-electron chi connectivity index (χ2n) is 2.44. The van der Waals surface area contributed by atoms with Crippen LogP contribution < -0.4 is 0 Å². The van der Waals surface area contributed by atoms with Gasteiger partial charge in [0.1, 0.15) is 0 Å². The van der Waals surface area contributed by atoms with E-state index in [1.165, 1.54) is 0 Å². The topological polar surface area (TPSA) is 37.3 Å². The van der Waals surface area contributed by atoms with Crippen LogP contribution in [0.15, 0.2) is 29.3 Å². The quantitative estimate of drug-likeness (QED) is 0.830. The maximum Gasteiger partial charge on any atom is 0.335 e. The molecular weight excluding hydrogens is 255 g/mol. The van der Waals surface area contributed by atoms with E-state index in [4.69, 9.17) is 16.7 Å². The zero-order chi connectivity index (χ0) is 10.0. The maximum absolute atomic E-state index is 10.6. The first-order valence-corrected chi connectivity index (χ1v) is 4.56. The highest BCUT2D eigenvalue weighted by Gasteiger charge is 2.08. The van der Waals surface area contributed by atoms with E-state index < -0.39 is 5.97 Å². The lowest BCUT2D eigenvalue weighted by Crippen LogP contribution is -1.97. The molecule has 1 aromatic rings. The van der Waals surface area contributed by atoms with Gasteiger partial charge in [-0.3, -0.25) is 0 Å². The molecule has 0 unspecified atom stereocenters. The summed E-state index contributed by atoms with van der Waals surface area (Å²) in [5.41, 5.74) is 0.537. The Morgan fingerprint density at radius 1 is 1.46 bits per heavy atom. The minimum Gasteiger partial charge on any atom is -0.478 e. The van der Waals surface area contributed by atoms with E-state index in [0.29, 0.717) is 10.6 Å². The standard InChI is InChI=1S/C9H6BrClO2/c1-5(9(12)13)6-2-7(10)4-8(11)3-6/h2-4H,1H2,(H,12,13). The Labute approximate surface area is 89.0 Å². The number of benzene rings is 1. The van der Waals surface area contributed by atoms with Crippen LogP contribution in [-0.2, 0) is 4.79 Å². The molecule has 0 saturated heterocycles. The minimum atomic E-state index is -1.05. The predicted octanol–water partition coefficient (Wildman–Crippen LogP) is 3.20. The minimum absolute atomic E-state index is 0.0307. The summed E-state index contributed by atoms with van der Waals surface area (Å²) in [5.74, 6) is -1.05. The number of carboxylic acids is 1. The van der Waals surface area contributed by atoms with Crippen LogP contribution in [0.5, 0.6) is 0 Å². The Bertz CT molecular complexity index is 354. The molecule has 0 fully saturated rings. The molecule has 0 aliphatic heterocycles. The summed E-state index contributed by atoms with van der Waals surface area (Å²) in [4.78, 5) is 10.6. The molecule has 1 N–H and O–H groups in total. The zero-order valence-electron chi connectivity index (χ0n) is 6.55. The monoisotopic (exact) mass is 260 g/mol. The first-order valence-electron chi connectivity index (χ1n) is 3.39. The van der Waals surface area contributed by atoms with Crippen LogP contribution in [0.3, 0.4) is 0 Å². The van der Waals surface area contributed by atoms with Gasteiger partial charge in [0.2, 0.25) is 0 Å². The van der Waals surface area contributed by atoms with E-state index in [0.717, 1.165) is 4.47 Å². The summed E-state index contributed by atoms with van der Waals surface area (Å²) in [7, 11) is 0. The van der Waals surface area contributed by atoms with Crippen LogP contribution in [0, 0.1) is 0 Å². The van der Waals surface area contributed by atoms with Crippen molar-refractivity contribution in [2.75, 3.05) is 0 Å². The average Bonchev–Trinajstić information content (AvgIpc) is 2.01. The molecule has 1 aromatic carbocycles. The van der Waals surface area contributed by atoms with Crippen LogP contribution in [0.1, 0.15) is 5.56 Å². The molecule has 4 heteroatoms. The van der Waals surface area contributed by atoms with Gasteiger partial charge in [0.05, 0.1) is 5.57 Å². The van der Waals surface area contributed by atoms with Gasteiger partial charge in [-0.2, -0.15) is 0 Å². The van der Waals surface area contributed by atoms with Crippen molar-refractivity contribution in [2.45, 2.75) is 0 Å². The lowest BCUT2D eigenvalue weighted by atomic mass is 10.1. The molecule has 1 rings (SSSR count). The Morgan fingerprint density at radius 2 is 2.08 bits per heavy atom. The molecule has 13 heavy (non-hydrogen) atoms. The normalized spacial score (nSPS) is 9.69. The van der Waals surface area contributed by atoms with Crippen molar-refractivity contribution in [1.29, 1.82) is 0 Å². The third kappa shape index (κ3) is 2.57. The van der Waals surface area contributed by atoms with Gasteiger partial charge in [0, 0.05) is 9.50 Å². The third-order valence-corrected chi connectivity index (χ3v) is 2.15. The molecule has 0 atom stereocenters. The van der Waals surface area contributed by atoms with Crippen LogP contribution in [0.2, 0.25) is 5.02 Å². The highest BCUT2D eigenvalue weighted by molar-refractivity contribution is 9.10. The third-order valence-electron chi connectivity index (χ3n) is 1.47. The fourth-order valence-electron chi connectivity index (χ4n) is 0.852. The second-order valence-corrected chi connectivity index (χ2v) is 3.79. The SMILES string of the molecule is C=C(C(=O)O)c1cc(Cl)cc(Br)c1. The number of hydrogen-bond donors (Lipinski definition) is 1. The highest BCUT2D eigenvalue weighted by Crippen LogP contribution is 2.23. The molecule has 68 valence electrons. The van der Waals surface area contributed by atoms with Crippen LogP contribution in [0.4, 0.5) is 0 Å². The van der Waals surface area contributed by atoms with Gasteiger partial charge in [0.15, 0.2) is 0 Å². The molecule has 0 amide bonds. The van der Waals surface area contributed by atoms with Gasteiger partial charge in [-0.1, -0.05) is 34.1 Å². The molecule has 0 aromatic heterocycles. The van der Waals surface area contributed by atoms with E-state index in [1.54, 1.807) is 18.2 Å². The van der Waals surface area contributed by atoms with Crippen LogP contribution >= 0.6 is 27.5 Å². The number of carboxylic acid groups (broad SMARTS) is 1. The fourth-order valence-corrected chi connectivity index (χ4v) is 1.71. The van der Waals surface area contributed by atoms with E-state index in [9.17, 15) is 4.79 Å². The Morgan fingerprint density at radius 3 is 2.54 bits per heavy atom. The van der Waals surface area contributed by atoms with Crippen molar-refractivity contribution in [3.05, 3.63) is 39.8 Å². The molecule has 2 nitrogen and oxygen atoms in total. The number of aliphatic carboxylic acids is 1. The lowest BCUT2D eigenvalue weighted by molar-refractivity contribution is -0.130. The molecule has 0 spiro atoms.